The number of carbonyl (C=O) groups excluding carboxylic acids is 1. The highest BCUT2D eigenvalue weighted by molar-refractivity contribution is 5.89. The molecule has 0 aromatic heterocycles. The fourth-order valence-electron chi connectivity index (χ4n) is 3.33. The zero-order valence-corrected chi connectivity index (χ0v) is 15.6. The molecule has 1 aliphatic heterocycles. The van der Waals surface area contributed by atoms with Gasteiger partial charge >= 0.3 is 5.97 Å². The first-order chi connectivity index (χ1) is 12.5. The predicted octanol–water partition coefficient (Wildman–Crippen LogP) is 2.61. The molecule has 1 aliphatic rings. The fraction of sp³-hybridized carbons (Fsp3) is 0.600. The summed E-state index contributed by atoms with van der Waals surface area (Å²) in [6, 6.07) is 7.16. The normalized spacial score (nSPS) is 16.5. The van der Waals surface area contributed by atoms with Gasteiger partial charge in [-0.2, -0.15) is 0 Å². The Kier molecular flexibility index (Phi) is 8.06. The Balaban J connectivity index is 1.80. The van der Waals surface area contributed by atoms with E-state index in [4.69, 9.17) is 9.47 Å². The molecule has 0 saturated carbocycles. The van der Waals surface area contributed by atoms with Crippen LogP contribution in [0.25, 0.3) is 0 Å². The van der Waals surface area contributed by atoms with E-state index in [1.807, 2.05) is 24.0 Å². The Bertz CT molecular complexity index is 596. The first-order valence-electron chi connectivity index (χ1n) is 9.32. The number of benzene rings is 1. The van der Waals surface area contributed by atoms with Gasteiger partial charge in [0.05, 0.1) is 18.8 Å². The fourth-order valence-corrected chi connectivity index (χ4v) is 3.33. The summed E-state index contributed by atoms with van der Waals surface area (Å²) >= 11 is 0. The average molecular weight is 363 g/mol. The van der Waals surface area contributed by atoms with Crippen LogP contribution >= 0.6 is 0 Å². The zero-order valence-electron chi connectivity index (χ0n) is 15.6. The average Bonchev–Trinajstić information content (AvgIpc) is 2.65. The number of amides is 1. The number of piperidine rings is 1. The second kappa shape index (κ2) is 10.3. The summed E-state index contributed by atoms with van der Waals surface area (Å²) in [7, 11) is 0. The van der Waals surface area contributed by atoms with Crippen LogP contribution in [-0.4, -0.2) is 60.9 Å². The van der Waals surface area contributed by atoms with Crippen molar-refractivity contribution in [1.29, 1.82) is 0 Å². The summed E-state index contributed by atoms with van der Waals surface area (Å²) in [6.45, 7) is 6.65. The molecule has 0 bridgehead atoms. The van der Waals surface area contributed by atoms with Gasteiger partial charge < -0.3 is 19.5 Å². The van der Waals surface area contributed by atoms with Crippen LogP contribution in [-0.2, 0) is 20.7 Å². The lowest BCUT2D eigenvalue weighted by Crippen LogP contribution is -2.44. The van der Waals surface area contributed by atoms with E-state index in [-0.39, 0.29) is 5.91 Å². The third-order valence-electron chi connectivity index (χ3n) is 4.83. The summed E-state index contributed by atoms with van der Waals surface area (Å²) in [4.78, 5) is 25.6. The van der Waals surface area contributed by atoms with Crippen molar-refractivity contribution in [2.75, 3.05) is 32.9 Å². The Hall–Kier alpha value is -1.92. The van der Waals surface area contributed by atoms with E-state index < -0.39 is 12.1 Å². The highest BCUT2D eigenvalue weighted by atomic mass is 16.5. The zero-order chi connectivity index (χ0) is 18.9. The molecule has 1 heterocycles. The van der Waals surface area contributed by atoms with E-state index in [1.165, 1.54) is 0 Å². The molecule has 6 nitrogen and oxygen atoms in total. The second-order valence-electron chi connectivity index (χ2n) is 6.65. The van der Waals surface area contributed by atoms with Gasteiger partial charge in [0.15, 0.2) is 0 Å². The molecule has 1 saturated heterocycles. The number of carboxylic acids is 1. The van der Waals surface area contributed by atoms with E-state index in [9.17, 15) is 14.7 Å². The number of aromatic carboxylic acids is 1. The summed E-state index contributed by atoms with van der Waals surface area (Å²) < 4.78 is 10.8. The topological polar surface area (TPSA) is 76.1 Å². The maximum absolute atomic E-state index is 12.5. The van der Waals surface area contributed by atoms with E-state index >= 15 is 0 Å². The molecule has 1 N–H and O–H groups in total. The van der Waals surface area contributed by atoms with Crippen LogP contribution in [0.5, 0.6) is 0 Å². The Morgan fingerprint density at radius 3 is 2.58 bits per heavy atom. The Morgan fingerprint density at radius 2 is 1.92 bits per heavy atom. The van der Waals surface area contributed by atoms with Gasteiger partial charge in [0, 0.05) is 19.7 Å². The number of hydrogen-bond acceptors (Lipinski definition) is 4. The summed E-state index contributed by atoms with van der Waals surface area (Å²) in [5, 5.41) is 9.30. The van der Waals surface area contributed by atoms with Crippen LogP contribution in [0.1, 0.15) is 42.6 Å². The van der Waals surface area contributed by atoms with Gasteiger partial charge in [0.25, 0.3) is 5.91 Å². The van der Waals surface area contributed by atoms with Crippen molar-refractivity contribution in [3.05, 3.63) is 35.4 Å². The van der Waals surface area contributed by atoms with Crippen molar-refractivity contribution in [1.82, 2.24) is 4.90 Å². The number of carboxylic acid groups (broad SMARTS) is 1. The third-order valence-corrected chi connectivity index (χ3v) is 4.83. The largest absolute Gasteiger partial charge is 0.478 e. The molecule has 1 atom stereocenters. The quantitative estimate of drug-likeness (QED) is 0.683. The van der Waals surface area contributed by atoms with Gasteiger partial charge in [-0.1, -0.05) is 18.2 Å². The molecule has 6 heteroatoms. The van der Waals surface area contributed by atoms with Gasteiger partial charge in [-0.25, -0.2) is 4.79 Å². The lowest BCUT2D eigenvalue weighted by Gasteiger charge is -2.33. The monoisotopic (exact) mass is 363 g/mol. The maximum atomic E-state index is 12.5. The minimum atomic E-state index is -0.883. The lowest BCUT2D eigenvalue weighted by atomic mass is 9.88. The molecule has 26 heavy (non-hydrogen) atoms. The van der Waals surface area contributed by atoms with Crippen molar-refractivity contribution >= 4 is 11.9 Å². The van der Waals surface area contributed by atoms with Crippen molar-refractivity contribution in [2.45, 2.75) is 39.2 Å². The number of likely N-dealkylation sites (tertiary alicyclic amines) is 1. The summed E-state index contributed by atoms with van der Waals surface area (Å²) in [5.74, 6) is -0.467. The molecule has 0 radical (unpaired) electrons. The smallest absolute Gasteiger partial charge is 0.335 e. The van der Waals surface area contributed by atoms with Gasteiger partial charge in [-0.05, 0) is 50.7 Å². The maximum Gasteiger partial charge on any atom is 0.335 e. The van der Waals surface area contributed by atoms with Crippen molar-refractivity contribution in [3.63, 3.8) is 0 Å². The predicted molar refractivity (Wildman–Crippen MR) is 98.3 cm³/mol. The van der Waals surface area contributed by atoms with E-state index in [0.717, 1.165) is 24.8 Å². The number of nitrogens with zero attached hydrogens (tertiary/aromatic N) is 1. The van der Waals surface area contributed by atoms with Gasteiger partial charge in [-0.3, -0.25) is 4.79 Å². The summed E-state index contributed by atoms with van der Waals surface area (Å²) in [5.41, 5.74) is 1.25. The number of rotatable bonds is 9. The molecule has 1 unspecified atom stereocenters. The molecule has 1 fully saturated rings. The van der Waals surface area contributed by atoms with Crippen LogP contribution in [0.2, 0.25) is 0 Å². The number of hydrogen-bond donors (Lipinski definition) is 1. The van der Waals surface area contributed by atoms with Crippen molar-refractivity contribution < 1.29 is 24.2 Å². The molecule has 0 spiro atoms. The van der Waals surface area contributed by atoms with Crippen LogP contribution in [0.3, 0.4) is 0 Å². The minimum Gasteiger partial charge on any atom is -0.478 e. The van der Waals surface area contributed by atoms with Gasteiger partial charge in [0.1, 0.15) is 6.10 Å². The lowest BCUT2D eigenvalue weighted by molar-refractivity contribution is -0.144. The first kappa shape index (κ1) is 20.4. The standard InChI is InChI=1S/C20H29NO5/c1-3-25-12-13-26-15(2)19(22)21-10-8-16(9-11-21)14-17-6-4-5-7-18(17)20(23)24/h4-7,15-16H,3,8-14H2,1-2H3,(H,23,24). The summed E-state index contributed by atoms with van der Waals surface area (Å²) in [6.07, 6.45) is 2.04. The van der Waals surface area contributed by atoms with Crippen LogP contribution in [0, 0.1) is 5.92 Å². The van der Waals surface area contributed by atoms with Crippen molar-refractivity contribution in [2.24, 2.45) is 5.92 Å². The Labute approximate surface area is 155 Å². The minimum absolute atomic E-state index is 0.0193. The first-order valence-corrected chi connectivity index (χ1v) is 9.32. The van der Waals surface area contributed by atoms with Crippen LogP contribution in [0.4, 0.5) is 0 Å². The van der Waals surface area contributed by atoms with E-state index in [2.05, 4.69) is 0 Å². The highest BCUT2D eigenvalue weighted by Gasteiger charge is 2.27. The molecule has 1 aromatic rings. The molecule has 0 aliphatic carbocycles. The van der Waals surface area contributed by atoms with E-state index in [0.29, 0.717) is 44.4 Å². The molecular weight excluding hydrogens is 334 g/mol. The molecular formula is C20H29NO5. The van der Waals surface area contributed by atoms with Crippen LogP contribution in [0.15, 0.2) is 24.3 Å². The Morgan fingerprint density at radius 1 is 1.23 bits per heavy atom. The third kappa shape index (κ3) is 5.81. The highest BCUT2D eigenvalue weighted by Crippen LogP contribution is 2.24. The second-order valence-corrected chi connectivity index (χ2v) is 6.65. The molecule has 1 amide bonds. The van der Waals surface area contributed by atoms with Gasteiger partial charge in [-0.15, -0.1) is 0 Å². The molecule has 1 aromatic carbocycles. The number of ether oxygens (including phenoxy) is 2. The van der Waals surface area contributed by atoms with Crippen molar-refractivity contribution in [3.8, 4) is 0 Å². The van der Waals surface area contributed by atoms with Crippen LogP contribution < -0.4 is 0 Å². The molecule has 144 valence electrons. The number of carbonyl (C=O) groups is 2. The molecule has 2 rings (SSSR count). The SMILES string of the molecule is CCOCCOC(C)C(=O)N1CCC(Cc2ccccc2C(=O)O)CC1. The van der Waals surface area contributed by atoms with Gasteiger partial charge in [0.2, 0.25) is 0 Å². The van der Waals surface area contributed by atoms with E-state index in [1.54, 1.807) is 19.1 Å².